The molecule has 0 radical (unpaired) electrons. The number of ether oxygens (including phenoxy) is 1. The molecule has 0 saturated carbocycles. The van der Waals surface area contributed by atoms with Crippen molar-refractivity contribution in [2.45, 2.75) is 17.7 Å². The molecule has 2 amide bonds. The zero-order valence-electron chi connectivity index (χ0n) is 16.9. The van der Waals surface area contributed by atoms with Gasteiger partial charge in [-0.2, -0.15) is 0 Å². The lowest BCUT2D eigenvalue weighted by molar-refractivity contribution is -0.383. The summed E-state index contributed by atoms with van der Waals surface area (Å²) in [6.07, 6.45) is 2.00. The second-order valence-corrected chi connectivity index (χ2v) is 8.37. The van der Waals surface area contributed by atoms with Crippen molar-refractivity contribution in [1.29, 1.82) is 0 Å². The Kier molecular flexibility index (Phi) is 8.07. The van der Waals surface area contributed by atoms with Gasteiger partial charge < -0.3 is 15.0 Å². The van der Waals surface area contributed by atoms with E-state index in [2.05, 4.69) is 5.32 Å². The fraction of sp³-hybridized carbons (Fsp3) is 0.286. The SMILES string of the molecule is O=C(COC(=O)c1ccccc1SCC(=O)N1CCCC1)Nc1cc(Cl)ccc1[N+](=O)[O-]. The van der Waals surface area contributed by atoms with E-state index in [4.69, 9.17) is 16.3 Å². The maximum Gasteiger partial charge on any atom is 0.339 e. The van der Waals surface area contributed by atoms with Crippen molar-refractivity contribution in [1.82, 2.24) is 4.90 Å². The minimum atomic E-state index is -0.752. The number of rotatable bonds is 8. The molecule has 168 valence electrons. The number of nitro benzene ring substituents is 1. The van der Waals surface area contributed by atoms with E-state index in [1.807, 2.05) is 0 Å². The number of likely N-dealkylation sites (tertiary alicyclic amines) is 1. The Morgan fingerprint density at radius 2 is 1.88 bits per heavy atom. The number of nitro groups is 1. The number of esters is 1. The molecule has 3 rings (SSSR count). The van der Waals surface area contributed by atoms with E-state index in [0.717, 1.165) is 25.9 Å². The molecule has 1 saturated heterocycles. The molecule has 1 fully saturated rings. The van der Waals surface area contributed by atoms with E-state index in [1.54, 1.807) is 29.2 Å². The molecule has 2 aromatic rings. The number of carbonyl (C=O) groups excluding carboxylic acids is 3. The van der Waals surface area contributed by atoms with Gasteiger partial charge in [0.05, 0.1) is 16.2 Å². The van der Waals surface area contributed by atoms with Crippen molar-refractivity contribution >= 4 is 52.5 Å². The van der Waals surface area contributed by atoms with Gasteiger partial charge in [-0.05, 0) is 37.1 Å². The molecule has 0 aromatic heterocycles. The van der Waals surface area contributed by atoms with Crippen LogP contribution in [0.5, 0.6) is 0 Å². The number of carbonyl (C=O) groups is 3. The number of hydrogen-bond donors (Lipinski definition) is 1. The monoisotopic (exact) mass is 477 g/mol. The number of halogens is 1. The van der Waals surface area contributed by atoms with Crippen LogP contribution in [0.3, 0.4) is 0 Å². The van der Waals surface area contributed by atoms with Crippen LogP contribution in [-0.4, -0.2) is 53.1 Å². The van der Waals surface area contributed by atoms with Crippen LogP contribution in [0.4, 0.5) is 11.4 Å². The number of thioether (sulfide) groups is 1. The van der Waals surface area contributed by atoms with Crippen molar-refractivity contribution < 1.29 is 24.0 Å². The Bertz CT molecular complexity index is 1040. The first-order valence-corrected chi connectivity index (χ1v) is 11.1. The maximum absolute atomic E-state index is 12.5. The summed E-state index contributed by atoms with van der Waals surface area (Å²) in [4.78, 5) is 49.8. The molecule has 1 N–H and O–H groups in total. The lowest BCUT2D eigenvalue weighted by Crippen LogP contribution is -2.29. The van der Waals surface area contributed by atoms with Crippen LogP contribution in [0, 0.1) is 10.1 Å². The number of nitrogens with one attached hydrogen (secondary N) is 1. The Morgan fingerprint density at radius 1 is 1.16 bits per heavy atom. The molecule has 0 atom stereocenters. The van der Waals surface area contributed by atoms with E-state index >= 15 is 0 Å². The van der Waals surface area contributed by atoms with E-state index in [9.17, 15) is 24.5 Å². The molecule has 0 aliphatic carbocycles. The summed E-state index contributed by atoms with van der Waals surface area (Å²) in [6, 6.07) is 10.4. The van der Waals surface area contributed by atoms with Crippen LogP contribution in [0.2, 0.25) is 5.02 Å². The third-order valence-corrected chi connectivity index (χ3v) is 5.97. The molecule has 9 nitrogen and oxygen atoms in total. The van der Waals surface area contributed by atoms with E-state index in [-0.39, 0.29) is 33.6 Å². The van der Waals surface area contributed by atoms with Gasteiger partial charge in [0.25, 0.3) is 11.6 Å². The van der Waals surface area contributed by atoms with Gasteiger partial charge in [0.1, 0.15) is 5.69 Å². The Morgan fingerprint density at radius 3 is 2.59 bits per heavy atom. The van der Waals surface area contributed by atoms with Crippen LogP contribution in [0.15, 0.2) is 47.4 Å². The van der Waals surface area contributed by atoms with Gasteiger partial charge in [-0.15, -0.1) is 11.8 Å². The quantitative estimate of drug-likeness (QED) is 0.266. The minimum Gasteiger partial charge on any atom is -0.452 e. The van der Waals surface area contributed by atoms with Crippen molar-refractivity contribution in [3.05, 3.63) is 63.2 Å². The molecule has 1 heterocycles. The molecule has 1 aliphatic heterocycles. The fourth-order valence-electron chi connectivity index (χ4n) is 3.12. The zero-order valence-corrected chi connectivity index (χ0v) is 18.5. The molecule has 1 aliphatic rings. The highest BCUT2D eigenvalue weighted by Gasteiger charge is 2.21. The average molecular weight is 478 g/mol. The highest BCUT2D eigenvalue weighted by Crippen LogP contribution is 2.28. The first-order chi connectivity index (χ1) is 15.3. The summed E-state index contributed by atoms with van der Waals surface area (Å²) in [6.45, 7) is 0.861. The van der Waals surface area contributed by atoms with Crippen molar-refractivity contribution in [3.63, 3.8) is 0 Å². The van der Waals surface area contributed by atoms with Gasteiger partial charge in [0, 0.05) is 29.1 Å². The lowest BCUT2D eigenvalue weighted by Gasteiger charge is -2.15. The van der Waals surface area contributed by atoms with E-state index < -0.39 is 23.4 Å². The number of hydrogen-bond acceptors (Lipinski definition) is 7. The summed E-state index contributed by atoms with van der Waals surface area (Å²) in [5.74, 6) is -1.28. The van der Waals surface area contributed by atoms with Crippen molar-refractivity contribution in [2.24, 2.45) is 0 Å². The number of nitrogens with zero attached hydrogens (tertiary/aromatic N) is 2. The van der Waals surface area contributed by atoms with Crippen LogP contribution >= 0.6 is 23.4 Å². The normalized spacial score (nSPS) is 13.0. The molecular weight excluding hydrogens is 458 g/mol. The lowest BCUT2D eigenvalue weighted by atomic mass is 10.2. The smallest absolute Gasteiger partial charge is 0.339 e. The second kappa shape index (κ2) is 11.0. The minimum absolute atomic E-state index is 0.0122. The highest BCUT2D eigenvalue weighted by atomic mass is 35.5. The number of benzene rings is 2. The molecule has 2 aromatic carbocycles. The van der Waals surface area contributed by atoms with Crippen molar-refractivity contribution in [3.8, 4) is 0 Å². The standard InChI is InChI=1S/C21H20ClN3O6S/c22-14-7-8-17(25(29)30)16(11-14)23-19(26)12-31-21(28)15-5-1-2-6-18(15)32-13-20(27)24-9-3-4-10-24/h1-2,5-8,11H,3-4,9-10,12-13H2,(H,23,26). The van der Waals surface area contributed by atoms with E-state index in [1.165, 1.54) is 30.0 Å². The van der Waals surface area contributed by atoms with E-state index in [0.29, 0.717) is 4.90 Å². The van der Waals surface area contributed by atoms with Gasteiger partial charge in [0.2, 0.25) is 5.91 Å². The summed E-state index contributed by atoms with van der Waals surface area (Å²) in [7, 11) is 0. The van der Waals surface area contributed by atoms with Gasteiger partial charge >= 0.3 is 5.97 Å². The number of amides is 2. The largest absolute Gasteiger partial charge is 0.452 e. The van der Waals surface area contributed by atoms with Crippen LogP contribution < -0.4 is 5.32 Å². The summed E-state index contributed by atoms with van der Waals surface area (Å²) in [5, 5.41) is 13.6. The Balaban J connectivity index is 1.58. The summed E-state index contributed by atoms with van der Waals surface area (Å²) < 4.78 is 5.08. The first kappa shape index (κ1) is 23.6. The summed E-state index contributed by atoms with van der Waals surface area (Å²) in [5.41, 5.74) is -0.202. The predicted molar refractivity (Wildman–Crippen MR) is 120 cm³/mol. The Hall–Kier alpha value is -3.11. The van der Waals surface area contributed by atoms with Crippen molar-refractivity contribution in [2.75, 3.05) is 30.8 Å². The topological polar surface area (TPSA) is 119 Å². The van der Waals surface area contributed by atoms with Gasteiger partial charge in [-0.3, -0.25) is 19.7 Å². The zero-order chi connectivity index (χ0) is 23.1. The summed E-state index contributed by atoms with van der Waals surface area (Å²) >= 11 is 7.07. The van der Waals surface area contributed by atoms with Gasteiger partial charge in [0.15, 0.2) is 6.61 Å². The molecule has 0 spiro atoms. The van der Waals surface area contributed by atoms with Gasteiger partial charge in [-0.1, -0.05) is 23.7 Å². The maximum atomic E-state index is 12.5. The molecule has 0 unspecified atom stereocenters. The Labute approximate surface area is 193 Å². The third-order valence-electron chi connectivity index (χ3n) is 4.68. The predicted octanol–water partition coefficient (Wildman–Crippen LogP) is 3.76. The highest BCUT2D eigenvalue weighted by molar-refractivity contribution is 8.00. The van der Waals surface area contributed by atoms with Crippen LogP contribution in [0.25, 0.3) is 0 Å². The fourth-order valence-corrected chi connectivity index (χ4v) is 4.24. The van der Waals surface area contributed by atoms with Gasteiger partial charge in [-0.25, -0.2) is 4.79 Å². The average Bonchev–Trinajstić information content (AvgIpc) is 3.31. The molecule has 11 heteroatoms. The first-order valence-electron chi connectivity index (χ1n) is 9.75. The number of anilines is 1. The molecular formula is C21H20ClN3O6S. The second-order valence-electron chi connectivity index (χ2n) is 6.92. The molecule has 32 heavy (non-hydrogen) atoms. The van der Waals surface area contributed by atoms with Crippen LogP contribution in [0.1, 0.15) is 23.2 Å². The van der Waals surface area contributed by atoms with Crippen LogP contribution in [-0.2, 0) is 14.3 Å². The third kappa shape index (κ3) is 6.21. The molecule has 0 bridgehead atoms.